The van der Waals surface area contributed by atoms with Gasteiger partial charge < -0.3 is 10.6 Å². The van der Waals surface area contributed by atoms with Crippen LogP contribution in [0.25, 0.3) is 0 Å². The molecule has 0 aliphatic heterocycles. The Balaban J connectivity index is 2.65. The maximum atomic E-state index is 13.6. The highest BCUT2D eigenvalue weighted by atomic mass is 32.2. The zero-order valence-corrected chi connectivity index (χ0v) is 12.4. The number of amides is 1. The van der Waals surface area contributed by atoms with Crippen LogP contribution in [0.4, 0.5) is 10.1 Å². The Kier molecular flexibility index (Phi) is 6.70. The quantitative estimate of drug-likeness (QED) is 0.756. The normalized spacial score (nSPS) is 12.0. The third-order valence-corrected chi connectivity index (χ3v) is 3.72. The minimum Gasteiger partial charge on any atom is -0.385 e. The summed E-state index contributed by atoms with van der Waals surface area (Å²) in [4.78, 5) is 12.1. The number of para-hydroxylation sites is 1. The van der Waals surface area contributed by atoms with E-state index in [-0.39, 0.29) is 17.6 Å². The van der Waals surface area contributed by atoms with Crippen molar-refractivity contribution in [1.29, 1.82) is 0 Å². The first kappa shape index (κ1) is 15.8. The Bertz CT molecular complexity index is 426. The minimum absolute atomic E-state index is 0.0829. The van der Waals surface area contributed by atoms with Gasteiger partial charge in [-0.15, -0.1) is 0 Å². The average molecular weight is 284 g/mol. The second-order valence-electron chi connectivity index (χ2n) is 4.27. The van der Waals surface area contributed by atoms with E-state index in [2.05, 4.69) is 17.6 Å². The van der Waals surface area contributed by atoms with Crippen LogP contribution < -0.4 is 10.6 Å². The van der Waals surface area contributed by atoms with Crippen molar-refractivity contribution in [3.05, 3.63) is 29.6 Å². The molecule has 106 valence electrons. The van der Waals surface area contributed by atoms with Gasteiger partial charge in [0.05, 0.1) is 11.3 Å². The Labute approximate surface area is 118 Å². The van der Waals surface area contributed by atoms with E-state index in [1.54, 1.807) is 19.2 Å². The van der Waals surface area contributed by atoms with Gasteiger partial charge in [-0.1, -0.05) is 13.0 Å². The molecule has 0 bridgehead atoms. The molecule has 1 atom stereocenters. The third kappa shape index (κ3) is 4.74. The molecular weight excluding hydrogens is 263 g/mol. The monoisotopic (exact) mass is 284 g/mol. The Morgan fingerprint density at radius 3 is 2.84 bits per heavy atom. The highest BCUT2D eigenvalue weighted by Gasteiger charge is 2.15. The summed E-state index contributed by atoms with van der Waals surface area (Å²) < 4.78 is 13.6. The summed E-state index contributed by atoms with van der Waals surface area (Å²) in [6.45, 7) is 4.08. The lowest BCUT2D eigenvalue weighted by Crippen LogP contribution is -2.33. The van der Waals surface area contributed by atoms with E-state index in [1.807, 2.05) is 18.7 Å². The Morgan fingerprint density at radius 1 is 1.47 bits per heavy atom. The second-order valence-corrected chi connectivity index (χ2v) is 5.67. The fraction of sp³-hybridized carbons (Fsp3) is 0.500. The van der Waals surface area contributed by atoms with Gasteiger partial charge in [0.15, 0.2) is 0 Å². The van der Waals surface area contributed by atoms with Crippen molar-refractivity contribution < 1.29 is 9.18 Å². The summed E-state index contributed by atoms with van der Waals surface area (Å²) >= 11 is 1.85. The summed E-state index contributed by atoms with van der Waals surface area (Å²) in [5.74, 6) is 1.44. The molecule has 1 rings (SSSR count). The summed E-state index contributed by atoms with van der Waals surface area (Å²) in [5, 5.41) is 5.63. The number of rotatable bonds is 7. The lowest BCUT2D eigenvalue weighted by Gasteiger charge is -2.15. The smallest absolute Gasteiger partial charge is 0.253 e. The molecule has 0 fully saturated rings. The molecule has 5 heteroatoms. The number of benzene rings is 1. The van der Waals surface area contributed by atoms with Crippen LogP contribution in [0.3, 0.4) is 0 Å². The van der Waals surface area contributed by atoms with Crippen LogP contribution in [0.5, 0.6) is 0 Å². The first-order valence-electron chi connectivity index (χ1n) is 6.45. The van der Waals surface area contributed by atoms with E-state index in [9.17, 15) is 9.18 Å². The molecule has 1 amide bonds. The number of carbonyl (C=O) groups is 1. The summed E-state index contributed by atoms with van der Waals surface area (Å²) in [7, 11) is 1.61. The number of anilines is 1. The number of thioether (sulfide) groups is 1. The van der Waals surface area contributed by atoms with E-state index in [0.717, 1.165) is 17.9 Å². The molecule has 0 heterocycles. The SMILES string of the molecule is CCSCCC(C)NC(=O)c1cccc(F)c1NC. The Hall–Kier alpha value is -1.23. The van der Waals surface area contributed by atoms with Crippen molar-refractivity contribution in [3.63, 3.8) is 0 Å². The first-order chi connectivity index (χ1) is 9.10. The second kappa shape index (κ2) is 8.04. The molecule has 2 N–H and O–H groups in total. The maximum Gasteiger partial charge on any atom is 0.253 e. The lowest BCUT2D eigenvalue weighted by atomic mass is 10.1. The van der Waals surface area contributed by atoms with E-state index < -0.39 is 5.82 Å². The van der Waals surface area contributed by atoms with Gasteiger partial charge in [0.2, 0.25) is 0 Å². The van der Waals surface area contributed by atoms with E-state index >= 15 is 0 Å². The van der Waals surface area contributed by atoms with Gasteiger partial charge in [-0.25, -0.2) is 4.39 Å². The van der Waals surface area contributed by atoms with Crippen LogP contribution in [0.1, 0.15) is 30.6 Å². The molecule has 1 aromatic carbocycles. The zero-order chi connectivity index (χ0) is 14.3. The van der Waals surface area contributed by atoms with Crippen molar-refractivity contribution in [2.45, 2.75) is 26.3 Å². The molecular formula is C14H21FN2OS. The number of carbonyl (C=O) groups excluding carboxylic acids is 1. The molecule has 1 aromatic rings. The number of halogens is 1. The van der Waals surface area contributed by atoms with Crippen molar-refractivity contribution in [1.82, 2.24) is 5.32 Å². The predicted octanol–water partition coefficient (Wildman–Crippen LogP) is 3.13. The molecule has 0 aliphatic carbocycles. The average Bonchev–Trinajstić information content (AvgIpc) is 2.38. The summed E-state index contributed by atoms with van der Waals surface area (Å²) in [5.41, 5.74) is 0.590. The van der Waals surface area contributed by atoms with Crippen molar-refractivity contribution in [2.75, 3.05) is 23.9 Å². The Morgan fingerprint density at radius 2 is 2.21 bits per heavy atom. The lowest BCUT2D eigenvalue weighted by molar-refractivity contribution is 0.0940. The van der Waals surface area contributed by atoms with Gasteiger partial charge in [-0.3, -0.25) is 4.79 Å². The topological polar surface area (TPSA) is 41.1 Å². The number of hydrogen-bond acceptors (Lipinski definition) is 3. The molecule has 0 saturated carbocycles. The number of nitrogens with one attached hydrogen (secondary N) is 2. The third-order valence-electron chi connectivity index (χ3n) is 2.79. The van der Waals surface area contributed by atoms with E-state index in [0.29, 0.717) is 5.56 Å². The van der Waals surface area contributed by atoms with Gasteiger partial charge in [-0.05, 0) is 37.0 Å². The summed E-state index contributed by atoms with van der Waals surface area (Å²) in [6.07, 6.45) is 0.911. The highest BCUT2D eigenvalue weighted by Crippen LogP contribution is 2.19. The maximum absolute atomic E-state index is 13.6. The molecule has 0 spiro atoms. The van der Waals surface area contributed by atoms with Crippen LogP contribution >= 0.6 is 11.8 Å². The van der Waals surface area contributed by atoms with E-state index in [4.69, 9.17) is 0 Å². The van der Waals surface area contributed by atoms with Crippen LogP contribution in [0.2, 0.25) is 0 Å². The molecule has 0 aliphatic rings. The van der Waals surface area contributed by atoms with Gasteiger partial charge in [-0.2, -0.15) is 11.8 Å². The molecule has 1 unspecified atom stereocenters. The van der Waals surface area contributed by atoms with Crippen LogP contribution in [0.15, 0.2) is 18.2 Å². The van der Waals surface area contributed by atoms with Gasteiger partial charge in [0.1, 0.15) is 5.82 Å². The fourth-order valence-corrected chi connectivity index (χ4v) is 2.55. The van der Waals surface area contributed by atoms with Crippen LogP contribution in [-0.4, -0.2) is 30.5 Å². The van der Waals surface area contributed by atoms with Crippen molar-refractivity contribution in [2.24, 2.45) is 0 Å². The fourth-order valence-electron chi connectivity index (χ4n) is 1.75. The van der Waals surface area contributed by atoms with Crippen molar-refractivity contribution >= 4 is 23.4 Å². The summed E-state index contributed by atoms with van der Waals surface area (Å²) in [6, 6.07) is 4.59. The highest BCUT2D eigenvalue weighted by molar-refractivity contribution is 7.99. The van der Waals surface area contributed by atoms with Crippen LogP contribution in [0, 0.1) is 5.82 Å². The van der Waals surface area contributed by atoms with Gasteiger partial charge in [0, 0.05) is 13.1 Å². The standard InChI is InChI=1S/C14H21FN2OS/c1-4-19-9-8-10(2)17-14(18)11-6-5-7-12(15)13(11)16-3/h5-7,10,16H,4,8-9H2,1-3H3,(H,17,18). The predicted molar refractivity (Wildman–Crippen MR) is 80.5 cm³/mol. The molecule has 0 radical (unpaired) electrons. The minimum atomic E-state index is -0.413. The zero-order valence-electron chi connectivity index (χ0n) is 11.6. The molecule has 0 saturated heterocycles. The molecule has 0 aromatic heterocycles. The van der Waals surface area contributed by atoms with Crippen molar-refractivity contribution in [3.8, 4) is 0 Å². The van der Waals surface area contributed by atoms with E-state index in [1.165, 1.54) is 6.07 Å². The van der Waals surface area contributed by atoms with Gasteiger partial charge >= 0.3 is 0 Å². The number of hydrogen-bond donors (Lipinski definition) is 2. The molecule has 19 heavy (non-hydrogen) atoms. The van der Waals surface area contributed by atoms with Crippen LogP contribution in [-0.2, 0) is 0 Å². The van der Waals surface area contributed by atoms with Gasteiger partial charge in [0.25, 0.3) is 5.91 Å². The molecule has 3 nitrogen and oxygen atoms in total. The largest absolute Gasteiger partial charge is 0.385 e. The first-order valence-corrected chi connectivity index (χ1v) is 7.60.